The van der Waals surface area contributed by atoms with Crippen molar-refractivity contribution in [1.29, 1.82) is 0 Å². The Morgan fingerprint density at radius 2 is 1.47 bits per heavy atom. The molecule has 1 atom stereocenters. The quantitative estimate of drug-likeness (QED) is 0.462. The number of amides is 1. The zero-order chi connectivity index (χ0) is 24.9. The number of anilines is 1. The smallest absolute Gasteiger partial charge is 0.261 e. The van der Waals surface area contributed by atoms with Crippen LogP contribution >= 0.6 is 0 Å². The van der Waals surface area contributed by atoms with Gasteiger partial charge in [-0.05, 0) is 98.5 Å². The third-order valence-corrected chi connectivity index (χ3v) is 6.97. The molecule has 3 aromatic rings. The van der Waals surface area contributed by atoms with Gasteiger partial charge in [-0.3, -0.25) is 9.52 Å². The number of ether oxygens (including phenoxy) is 2. The zero-order valence-electron chi connectivity index (χ0n) is 20.0. The van der Waals surface area contributed by atoms with Crippen LogP contribution in [0.5, 0.6) is 11.5 Å². The van der Waals surface area contributed by atoms with Gasteiger partial charge >= 0.3 is 0 Å². The van der Waals surface area contributed by atoms with Crippen LogP contribution in [-0.2, 0) is 14.8 Å². The van der Waals surface area contributed by atoms with Crippen molar-refractivity contribution in [2.24, 2.45) is 0 Å². The Morgan fingerprint density at radius 1 is 0.882 bits per heavy atom. The molecule has 3 rings (SSSR count). The van der Waals surface area contributed by atoms with E-state index < -0.39 is 10.0 Å². The second-order valence-electron chi connectivity index (χ2n) is 8.18. The second kappa shape index (κ2) is 10.6. The topological polar surface area (TPSA) is 93.7 Å². The summed E-state index contributed by atoms with van der Waals surface area (Å²) in [5, 5.41) is 2.95. The number of hydrogen-bond donors (Lipinski definition) is 2. The van der Waals surface area contributed by atoms with E-state index in [-0.39, 0.29) is 23.5 Å². The Labute approximate surface area is 201 Å². The maximum atomic E-state index is 12.6. The SMILES string of the molecule is COc1ccc(NS(=O)(=O)c2ccc(OCC(=O)N[C@@H](C)c3cc(C)c(C)cc3C)cc2)cc1. The fraction of sp³-hybridized carbons (Fsp3) is 0.269. The largest absolute Gasteiger partial charge is 0.497 e. The van der Waals surface area contributed by atoms with E-state index in [1.165, 1.54) is 35.4 Å². The number of benzene rings is 3. The maximum absolute atomic E-state index is 12.6. The molecule has 0 aliphatic carbocycles. The van der Waals surface area contributed by atoms with Gasteiger partial charge in [-0.1, -0.05) is 12.1 Å². The van der Waals surface area contributed by atoms with Crippen molar-refractivity contribution in [2.75, 3.05) is 18.4 Å². The molecule has 0 aliphatic rings. The van der Waals surface area contributed by atoms with E-state index in [1.807, 2.05) is 20.8 Å². The van der Waals surface area contributed by atoms with Gasteiger partial charge in [-0.25, -0.2) is 8.42 Å². The molecule has 7 nitrogen and oxygen atoms in total. The minimum Gasteiger partial charge on any atom is -0.497 e. The van der Waals surface area contributed by atoms with Crippen molar-refractivity contribution in [2.45, 2.75) is 38.6 Å². The Hall–Kier alpha value is -3.52. The summed E-state index contributed by atoms with van der Waals surface area (Å²) < 4.78 is 38.4. The molecular weight excluding hydrogens is 452 g/mol. The van der Waals surface area contributed by atoms with E-state index in [9.17, 15) is 13.2 Å². The van der Waals surface area contributed by atoms with Crippen LogP contribution in [0.3, 0.4) is 0 Å². The number of nitrogens with one attached hydrogen (secondary N) is 2. The molecule has 0 saturated carbocycles. The van der Waals surface area contributed by atoms with Crippen molar-refractivity contribution in [1.82, 2.24) is 5.32 Å². The molecule has 0 aromatic heterocycles. The molecule has 0 heterocycles. The van der Waals surface area contributed by atoms with E-state index in [0.29, 0.717) is 17.2 Å². The molecule has 0 aliphatic heterocycles. The third kappa shape index (κ3) is 6.29. The van der Waals surface area contributed by atoms with Gasteiger partial charge in [0, 0.05) is 5.69 Å². The predicted molar refractivity (Wildman–Crippen MR) is 133 cm³/mol. The van der Waals surface area contributed by atoms with Crippen LogP contribution in [0.1, 0.15) is 35.2 Å². The summed E-state index contributed by atoms with van der Waals surface area (Å²) in [6, 6.07) is 16.5. The molecule has 8 heteroatoms. The third-order valence-electron chi connectivity index (χ3n) is 5.57. The Bertz CT molecular complexity index is 1250. The highest BCUT2D eigenvalue weighted by molar-refractivity contribution is 7.92. The molecule has 0 radical (unpaired) electrons. The first-order chi connectivity index (χ1) is 16.1. The first-order valence-electron chi connectivity index (χ1n) is 10.9. The highest BCUT2D eigenvalue weighted by atomic mass is 32.2. The predicted octanol–water partition coefficient (Wildman–Crippen LogP) is 4.68. The molecule has 180 valence electrons. The van der Waals surface area contributed by atoms with E-state index >= 15 is 0 Å². The highest BCUT2D eigenvalue weighted by Gasteiger charge is 2.16. The van der Waals surface area contributed by atoms with Crippen LogP contribution in [0, 0.1) is 20.8 Å². The zero-order valence-corrected chi connectivity index (χ0v) is 20.8. The summed E-state index contributed by atoms with van der Waals surface area (Å²) in [4.78, 5) is 12.5. The average Bonchev–Trinajstić information content (AvgIpc) is 2.80. The van der Waals surface area contributed by atoms with Crippen LogP contribution in [-0.4, -0.2) is 28.0 Å². The van der Waals surface area contributed by atoms with Crippen LogP contribution in [0.25, 0.3) is 0 Å². The number of hydrogen-bond acceptors (Lipinski definition) is 5. The van der Waals surface area contributed by atoms with Crippen LogP contribution < -0.4 is 19.5 Å². The second-order valence-corrected chi connectivity index (χ2v) is 9.86. The number of methoxy groups -OCH3 is 1. The van der Waals surface area contributed by atoms with Gasteiger partial charge in [0.05, 0.1) is 18.0 Å². The van der Waals surface area contributed by atoms with E-state index in [1.54, 1.807) is 31.4 Å². The first kappa shape index (κ1) is 25.1. The Balaban J connectivity index is 1.56. The standard InChI is InChI=1S/C26H30N2O5S/c1-17-14-19(3)25(15-18(17)2)20(4)27-26(29)16-33-23-10-12-24(13-11-23)34(30,31)28-21-6-8-22(32-5)9-7-21/h6-15,20,28H,16H2,1-5H3,(H,27,29)/t20-/m0/s1. The van der Waals surface area contributed by atoms with Gasteiger partial charge in [-0.2, -0.15) is 0 Å². The van der Waals surface area contributed by atoms with Gasteiger partial charge in [0.15, 0.2) is 6.61 Å². The lowest BCUT2D eigenvalue weighted by Gasteiger charge is -2.18. The first-order valence-corrected chi connectivity index (χ1v) is 12.3. The fourth-order valence-electron chi connectivity index (χ4n) is 3.55. The summed E-state index contributed by atoms with van der Waals surface area (Å²) in [6.45, 7) is 7.90. The van der Waals surface area contributed by atoms with Gasteiger partial charge in [-0.15, -0.1) is 0 Å². The molecule has 0 unspecified atom stereocenters. The van der Waals surface area contributed by atoms with Gasteiger partial charge < -0.3 is 14.8 Å². The summed E-state index contributed by atoms with van der Waals surface area (Å²) >= 11 is 0. The van der Waals surface area contributed by atoms with Crippen LogP contribution in [0.2, 0.25) is 0 Å². The van der Waals surface area contributed by atoms with Crippen molar-refractivity contribution < 1.29 is 22.7 Å². The molecule has 1 amide bonds. The highest BCUT2D eigenvalue weighted by Crippen LogP contribution is 2.23. The number of rotatable bonds is 9. The summed E-state index contributed by atoms with van der Waals surface area (Å²) in [6.07, 6.45) is 0. The number of carbonyl (C=O) groups is 1. The number of sulfonamides is 1. The number of aryl methyl sites for hydroxylation is 3. The monoisotopic (exact) mass is 482 g/mol. The molecule has 2 N–H and O–H groups in total. The van der Waals surface area contributed by atoms with E-state index in [4.69, 9.17) is 9.47 Å². The van der Waals surface area contributed by atoms with E-state index in [0.717, 1.165) is 11.1 Å². The maximum Gasteiger partial charge on any atom is 0.261 e. The fourth-order valence-corrected chi connectivity index (χ4v) is 4.61. The molecule has 3 aromatic carbocycles. The Morgan fingerprint density at radius 3 is 2.09 bits per heavy atom. The molecule has 0 spiro atoms. The van der Waals surface area contributed by atoms with E-state index in [2.05, 4.69) is 29.1 Å². The molecule has 0 fully saturated rings. The minimum atomic E-state index is -3.76. The van der Waals surface area contributed by atoms with Crippen LogP contribution in [0.4, 0.5) is 5.69 Å². The summed E-state index contributed by atoms with van der Waals surface area (Å²) in [5.41, 5.74) is 5.00. The molecule has 0 saturated heterocycles. The van der Waals surface area contributed by atoms with Crippen molar-refractivity contribution in [3.8, 4) is 11.5 Å². The van der Waals surface area contributed by atoms with Gasteiger partial charge in [0.25, 0.3) is 15.9 Å². The number of carbonyl (C=O) groups excluding carboxylic acids is 1. The average molecular weight is 483 g/mol. The molecule has 0 bridgehead atoms. The lowest BCUT2D eigenvalue weighted by atomic mass is 9.96. The lowest BCUT2D eigenvalue weighted by molar-refractivity contribution is -0.123. The minimum absolute atomic E-state index is 0.0824. The van der Waals surface area contributed by atoms with Crippen LogP contribution in [0.15, 0.2) is 65.6 Å². The van der Waals surface area contributed by atoms with Crippen molar-refractivity contribution in [3.63, 3.8) is 0 Å². The molecule has 34 heavy (non-hydrogen) atoms. The Kier molecular flexibility index (Phi) is 7.83. The normalized spacial score (nSPS) is 12.0. The summed E-state index contributed by atoms with van der Waals surface area (Å²) in [5.74, 6) is 0.767. The van der Waals surface area contributed by atoms with Gasteiger partial charge in [0.2, 0.25) is 0 Å². The summed E-state index contributed by atoms with van der Waals surface area (Å²) in [7, 11) is -2.22. The van der Waals surface area contributed by atoms with Crippen molar-refractivity contribution >= 4 is 21.6 Å². The van der Waals surface area contributed by atoms with Gasteiger partial charge in [0.1, 0.15) is 11.5 Å². The lowest BCUT2D eigenvalue weighted by Crippen LogP contribution is -2.31. The molecular formula is C26H30N2O5S. The van der Waals surface area contributed by atoms with Crippen molar-refractivity contribution in [3.05, 3.63) is 82.9 Å².